The van der Waals surface area contributed by atoms with Crippen molar-refractivity contribution in [2.75, 3.05) is 12.4 Å². The highest BCUT2D eigenvalue weighted by molar-refractivity contribution is 5.83. The van der Waals surface area contributed by atoms with Gasteiger partial charge in [0.05, 0.1) is 12.5 Å². The number of methoxy groups -OCH3 is 1. The summed E-state index contributed by atoms with van der Waals surface area (Å²) in [7, 11) is 1.37. The van der Waals surface area contributed by atoms with E-state index in [2.05, 4.69) is 5.32 Å². The number of carboxylic acid groups (broad SMARTS) is 1. The molecule has 1 aromatic carbocycles. The Kier molecular flexibility index (Phi) is 4.74. The maximum absolute atomic E-state index is 11.8. The fraction of sp³-hybridized carbons (Fsp3) is 0.529. The average Bonchev–Trinajstić information content (AvgIpc) is 2.43. The van der Waals surface area contributed by atoms with Crippen molar-refractivity contribution in [3.05, 3.63) is 29.8 Å². The molecule has 1 aliphatic rings. The van der Waals surface area contributed by atoms with E-state index in [1.807, 2.05) is 38.1 Å². The number of rotatable bonds is 6. The Hall–Kier alpha value is -2.04. The van der Waals surface area contributed by atoms with E-state index in [0.717, 1.165) is 17.7 Å². The monoisotopic (exact) mass is 305 g/mol. The zero-order valence-electron chi connectivity index (χ0n) is 13.3. The zero-order valence-corrected chi connectivity index (χ0v) is 13.3. The number of hydrogen-bond acceptors (Lipinski definition) is 4. The van der Waals surface area contributed by atoms with E-state index in [1.165, 1.54) is 7.11 Å². The molecule has 0 saturated heterocycles. The van der Waals surface area contributed by atoms with Crippen molar-refractivity contribution in [3.8, 4) is 0 Å². The summed E-state index contributed by atoms with van der Waals surface area (Å²) in [5.41, 5.74) is 0.891. The quantitative estimate of drug-likeness (QED) is 0.790. The van der Waals surface area contributed by atoms with Crippen LogP contribution in [0.2, 0.25) is 0 Å². The number of hydrogen-bond donors (Lipinski definition) is 2. The molecule has 22 heavy (non-hydrogen) atoms. The van der Waals surface area contributed by atoms with Crippen molar-refractivity contribution >= 4 is 17.6 Å². The molecule has 5 heteroatoms. The number of carbonyl (C=O) groups is 2. The minimum absolute atomic E-state index is 0.0871. The lowest BCUT2D eigenvalue weighted by atomic mass is 9.64. The third-order valence-corrected chi connectivity index (χ3v) is 4.50. The Morgan fingerprint density at radius 3 is 2.18 bits per heavy atom. The van der Waals surface area contributed by atoms with Gasteiger partial charge in [-0.1, -0.05) is 32.4 Å². The van der Waals surface area contributed by atoms with Gasteiger partial charge in [-0.3, -0.25) is 4.79 Å². The Balaban J connectivity index is 2.15. The summed E-state index contributed by atoms with van der Waals surface area (Å²) in [6.45, 7) is 3.88. The number of ether oxygens (including phenoxy) is 1. The molecule has 2 rings (SSSR count). The van der Waals surface area contributed by atoms with Gasteiger partial charge in [0.2, 0.25) is 0 Å². The molecule has 1 atom stereocenters. The molecule has 1 unspecified atom stereocenters. The molecule has 0 bridgehead atoms. The van der Waals surface area contributed by atoms with Crippen LogP contribution in [0, 0.1) is 5.92 Å². The van der Waals surface area contributed by atoms with Crippen LogP contribution in [0.4, 0.5) is 5.69 Å². The number of anilines is 1. The standard InChI is InChI=1S/C17H23NO4/c1-11(2)14(15(19)22-3)18-13-7-5-12(6-8-13)17(16(20)21)9-4-10-17/h5-8,11,14,18H,4,9-10H2,1-3H3,(H,20,21). The Morgan fingerprint density at radius 2 is 1.82 bits per heavy atom. The van der Waals surface area contributed by atoms with Crippen LogP contribution in [-0.2, 0) is 19.7 Å². The van der Waals surface area contributed by atoms with Crippen molar-refractivity contribution < 1.29 is 19.4 Å². The maximum atomic E-state index is 11.8. The summed E-state index contributed by atoms with van der Waals surface area (Å²) >= 11 is 0. The van der Waals surface area contributed by atoms with Gasteiger partial charge < -0.3 is 15.2 Å². The number of carboxylic acids is 1. The third kappa shape index (κ3) is 2.93. The highest BCUT2D eigenvalue weighted by Crippen LogP contribution is 2.44. The molecule has 1 aliphatic carbocycles. The average molecular weight is 305 g/mol. The van der Waals surface area contributed by atoms with Crippen molar-refractivity contribution in [1.82, 2.24) is 0 Å². The van der Waals surface area contributed by atoms with Crippen molar-refractivity contribution in [1.29, 1.82) is 0 Å². The fourth-order valence-corrected chi connectivity index (χ4v) is 2.85. The summed E-state index contributed by atoms with van der Waals surface area (Å²) in [5, 5.41) is 12.6. The molecular weight excluding hydrogens is 282 g/mol. The number of aliphatic carboxylic acids is 1. The molecule has 1 aromatic rings. The highest BCUT2D eigenvalue weighted by atomic mass is 16.5. The van der Waals surface area contributed by atoms with Gasteiger partial charge in [-0.2, -0.15) is 0 Å². The molecule has 1 fully saturated rings. The summed E-state index contributed by atoms with van der Waals surface area (Å²) in [4.78, 5) is 23.3. The third-order valence-electron chi connectivity index (χ3n) is 4.50. The van der Waals surface area contributed by atoms with Crippen molar-refractivity contribution in [3.63, 3.8) is 0 Å². The lowest BCUT2D eigenvalue weighted by Crippen LogP contribution is -2.42. The van der Waals surface area contributed by atoms with E-state index in [4.69, 9.17) is 4.74 Å². The minimum atomic E-state index is -0.755. The number of carbonyl (C=O) groups excluding carboxylic acids is 1. The second-order valence-corrected chi connectivity index (χ2v) is 6.21. The molecule has 0 spiro atoms. The predicted octanol–water partition coefficient (Wildman–Crippen LogP) is 2.80. The van der Waals surface area contributed by atoms with Crippen molar-refractivity contribution in [2.45, 2.75) is 44.6 Å². The van der Waals surface area contributed by atoms with Gasteiger partial charge >= 0.3 is 11.9 Å². The Labute approximate surface area is 130 Å². The Morgan fingerprint density at radius 1 is 1.23 bits per heavy atom. The largest absolute Gasteiger partial charge is 0.481 e. The molecule has 0 aliphatic heterocycles. The van der Waals surface area contributed by atoms with Crippen LogP contribution in [0.3, 0.4) is 0 Å². The molecule has 2 N–H and O–H groups in total. The second-order valence-electron chi connectivity index (χ2n) is 6.21. The van der Waals surface area contributed by atoms with Gasteiger partial charge in [0.1, 0.15) is 6.04 Å². The molecule has 0 radical (unpaired) electrons. The van der Waals surface area contributed by atoms with Gasteiger partial charge in [0, 0.05) is 5.69 Å². The zero-order chi connectivity index (χ0) is 16.3. The number of esters is 1. The highest BCUT2D eigenvalue weighted by Gasteiger charge is 2.45. The van der Waals surface area contributed by atoms with E-state index in [9.17, 15) is 14.7 Å². The number of nitrogens with one attached hydrogen (secondary N) is 1. The lowest BCUT2D eigenvalue weighted by Gasteiger charge is -2.38. The summed E-state index contributed by atoms with van der Waals surface area (Å²) in [6, 6.07) is 6.91. The first-order chi connectivity index (χ1) is 10.4. The molecule has 5 nitrogen and oxygen atoms in total. The molecule has 0 heterocycles. The number of benzene rings is 1. The van der Waals surface area contributed by atoms with Gasteiger partial charge in [0.15, 0.2) is 0 Å². The molecule has 0 aromatic heterocycles. The molecule has 120 valence electrons. The topological polar surface area (TPSA) is 75.6 Å². The van der Waals surface area contributed by atoms with E-state index >= 15 is 0 Å². The summed E-state index contributed by atoms with van der Waals surface area (Å²) in [6.07, 6.45) is 2.32. The van der Waals surface area contributed by atoms with Crippen LogP contribution < -0.4 is 5.32 Å². The summed E-state index contributed by atoms with van der Waals surface area (Å²) in [5.74, 6) is -0.974. The first kappa shape index (κ1) is 16.3. The van der Waals surface area contributed by atoms with Crippen molar-refractivity contribution in [2.24, 2.45) is 5.92 Å². The van der Waals surface area contributed by atoms with E-state index in [1.54, 1.807) is 0 Å². The van der Waals surface area contributed by atoms with Gasteiger partial charge in [-0.25, -0.2) is 4.79 Å². The van der Waals surface area contributed by atoms with Crippen LogP contribution in [-0.4, -0.2) is 30.2 Å². The maximum Gasteiger partial charge on any atom is 0.328 e. The Bertz CT molecular complexity index is 546. The van der Waals surface area contributed by atoms with E-state index in [-0.39, 0.29) is 11.9 Å². The SMILES string of the molecule is COC(=O)C(Nc1ccc(C2(C(=O)O)CCC2)cc1)C(C)C. The van der Waals surface area contributed by atoms with Crippen LogP contribution >= 0.6 is 0 Å². The van der Waals surface area contributed by atoms with E-state index < -0.39 is 17.4 Å². The predicted molar refractivity (Wildman–Crippen MR) is 83.9 cm³/mol. The first-order valence-corrected chi connectivity index (χ1v) is 7.59. The van der Waals surface area contributed by atoms with Crippen LogP contribution in [0.1, 0.15) is 38.7 Å². The smallest absolute Gasteiger partial charge is 0.328 e. The minimum Gasteiger partial charge on any atom is -0.481 e. The molecule has 1 saturated carbocycles. The van der Waals surface area contributed by atoms with E-state index in [0.29, 0.717) is 12.8 Å². The van der Waals surface area contributed by atoms with Gasteiger partial charge in [0.25, 0.3) is 0 Å². The molecular formula is C17H23NO4. The lowest BCUT2D eigenvalue weighted by molar-refractivity contribution is -0.147. The van der Waals surface area contributed by atoms with Crippen LogP contribution in [0.15, 0.2) is 24.3 Å². The summed E-state index contributed by atoms with van der Waals surface area (Å²) < 4.78 is 4.80. The van der Waals surface area contributed by atoms with Crippen LogP contribution in [0.25, 0.3) is 0 Å². The van der Waals surface area contributed by atoms with Crippen LogP contribution in [0.5, 0.6) is 0 Å². The van der Waals surface area contributed by atoms with Gasteiger partial charge in [-0.05, 0) is 36.5 Å². The molecule has 0 amide bonds. The van der Waals surface area contributed by atoms with Gasteiger partial charge in [-0.15, -0.1) is 0 Å². The second kappa shape index (κ2) is 6.38. The normalized spacial score (nSPS) is 17.5. The fourth-order valence-electron chi connectivity index (χ4n) is 2.85. The first-order valence-electron chi connectivity index (χ1n) is 7.59.